The van der Waals surface area contributed by atoms with Gasteiger partial charge in [-0.05, 0) is 20.8 Å². The summed E-state index contributed by atoms with van der Waals surface area (Å²) in [6, 6.07) is -1.22. The highest BCUT2D eigenvalue weighted by Gasteiger charge is 2.50. The standard InChI is InChI=1S/C13H20N2O5S/c1-13(2,3)20-12(18)14-7-5-9-15(10(7)16)8(6-21-9)11(17)19-4/h7-9H,5-6H2,1-4H3,(H,14,18)/t7-,8+,9-/m1/s1. The zero-order chi connectivity index (χ0) is 15.8. The maximum atomic E-state index is 12.4. The summed E-state index contributed by atoms with van der Waals surface area (Å²) in [5, 5.41) is 2.48. The second-order valence-corrected chi connectivity index (χ2v) is 7.22. The number of carbonyl (C=O) groups is 3. The van der Waals surface area contributed by atoms with Crippen LogP contribution in [0, 0.1) is 0 Å². The van der Waals surface area contributed by atoms with E-state index in [4.69, 9.17) is 9.47 Å². The summed E-state index contributed by atoms with van der Waals surface area (Å²) in [7, 11) is 1.30. The van der Waals surface area contributed by atoms with Crippen LogP contribution in [0.2, 0.25) is 0 Å². The molecular formula is C13H20N2O5S. The lowest BCUT2D eigenvalue weighted by Gasteiger charge is -2.23. The second kappa shape index (κ2) is 5.75. The Bertz CT molecular complexity index is 462. The highest BCUT2D eigenvalue weighted by Crippen LogP contribution is 2.38. The Balaban J connectivity index is 1.99. The van der Waals surface area contributed by atoms with E-state index in [9.17, 15) is 14.4 Å². The molecular weight excluding hydrogens is 296 g/mol. The second-order valence-electron chi connectivity index (χ2n) is 6.01. The van der Waals surface area contributed by atoms with Crippen LogP contribution in [0.1, 0.15) is 27.2 Å². The van der Waals surface area contributed by atoms with Crippen LogP contribution >= 0.6 is 11.8 Å². The largest absolute Gasteiger partial charge is 0.467 e. The number of rotatable bonds is 2. The van der Waals surface area contributed by atoms with Gasteiger partial charge in [0.1, 0.15) is 17.7 Å². The van der Waals surface area contributed by atoms with E-state index in [1.165, 1.54) is 23.8 Å². The summed E-state index contributed by atoms with van der Waals surface area (Å²) in [4.78, 5) is 37.3. The van der Waals surface area contributed by atoms with Crippen molar-refractivity contribution in [3.8, 4) is 0 Å². The van der Waals surface area contributed by atoms with Gasteiger partial charge in [-0.3, -0.25) is 4.79 Å². The zero-order valence-corrected chi connectivity index (χ0v) is 13.4. The molecule has 0 unspecified atom stereocenters. The van der Waals surface area contributed by atoms with E-state index < -0.39 is 29.7 Å². The van der Waals surface area contributed by atoms with Crippen LogP contribution in [-0.2, 0) is 19.1 Å². The number of amides is 2. The Morgan fingerprint density at radius 3 is 2.62 bits per heavy atom. The smallest absolute Gasteiger partial charge is 0.408 e. The van der Waals surface area contributed by atoms with Gasteiger partial charge in [0.05, 0.1) is 12.5 Å². The summed E-state index contributed by atoms with van der Waals surface area (Å²) in [5.41, 5.74) is -0.620. The first-order chi connectivity index (χ1) is 9.73. The lowest BCUT2D eigenvalue weighted by atomic mass is 10.2. The molecule has 0 aliphatic carbocycles. The van der Waals surface area contributed by atoms with Crippen LogP contribution in [-0.4, -0.2) is 58.8 Å². The molecule has 0 saturated carbocycles. The van der Waals surface area contributed by atoms with E-state index in [1.807, 2.05) is 0 Å². The van der Waals surface area contributed by atoms with Crippen LogP contribution in [0.3, 0.4) is 0 Å². The number of esters is 1. The molecule has 0 radical (unpaired) electrons. The summed E-state index contributed by atoms with van der Waals surface area (Å²) in [6.45, 7) is 5.26. The fourth-order valence-corrected chi connectivity index (χ4v) is 3.85. The first kappa shape index (κ1) is 15.9. The lowest BCUT2D eigenvalue weighted by Crippen LogP contribution is -2.48. The third-order valence-corrected chi connectivity index (χ3v) is 4.56. The van der Waals surface area contributed by atoms with E-state index in [1.54, 1.807) is 20.8 Å². The van der Waals surface area contributed by atoms with Gasteiger partial charge in [-0.1, -0.05) is 0 Å². The molecule has 2 heterocycles. The summed E-state index contributed by atoms with van der Waals surface area (Å²) in [5.74, 6) is -0.148. The highest BCUT2D eigenvalue weighted by atomic mass is 32.2. The average Bonchev–Trinajstić information content (AvgIpc) is 2.88. The monoisotopic (exact) mass is 316 g/mol. The van der Waals surface area contributed by atoms with E-state index in [0.717, 1.165) is 0 Å². The van der Waals surface area contributed by atoms with Crippen LogP contribution in [0.4, 0.5) is 4.79 Å². The first-order valence-electron chi connectivity index (χ1n) is 6.74. The van der Waals surface area contributed by atoms with Crippen molar-refractivity contribution in [1.82, 2.24) is 10.2 Å². The van der Waals surface area contributed by atoms with Crippen molar-refractivity contribution in [2.75, 3.05) is 12.9 Å². The number of alkyl carbamates (subject to hydrolysis) is 1. The SMILES string of the molecule is COC(=O)[C@@H]1CS[C@@H]2C[C@@H](NC(=O)OC(C)(C)C)C(=O)N21. The number of hydrogen-bond acceptors (Lipinski definition) is 6. The van der Waals surface area contributed by atoms with Crippen molar-refractivity contribution in [2.45, 2.75) is 50.3 Å². The van der Waals surface area contributed by atoms with Crippen molar-refractivity contribution >= 4 is 29.7 Å². The summed E-state index contributed by atoms with van der Waals surface area (Å²) in [6.07, 6.45) is -0.155. The minimum Gasteiger partial charge on any atom is -0.467 e. The van der Waals surface area contributed by atoms with Crippen molar-refractivity contribution in [1.29, 1.82) is 0 Å². The number of methoxy groups -OCH3 is 1. The van der Waals surface area contributed by atoms with Crippen molar-refractivity contribution < 1.29 is 23.9 Å². The summed E-state index contributed by atoms with van der Waals surface area (Å²) < 4.78 is 9.86. The quantitative estimate of drug-likeness (QED) is 0.756. The molecule has 2 rings (SSSR count). The zero-order valence-electron chi connectivity index (χ0n) is 12.5. The number of hydrogen-bond donors (Lipinski definition) is 1. The molecule has 2 saturated heterocycles. The number of thioether (sulfide) groups is 1. The van der Waals surface area contributed by atoms with Crippen LogP contribution in [0.15, 0.2) is 0 Å². The highest BCUT2D eigenvalue weighted by molar-refractivity contribution is 8.00. The molecule has 2 aliphatic heterocycles. The van der Waals surface area contributed by atoms with Gasteiger partial charge >= 0.3 is 12.1 Å². The van der Waals surface area contributed by atoms with Crippen LogP contribution in [0.25, 0.3) is 0 Å². The Kier molecular flexibility index (Phi) is 4.36. The minimum absolute atomic E-state index is 0.0958. The number of carbonyl (C=O) groups excluding carboxylic acids is 3. The molecule has 0 spiro atoms. The Morgan fingerprint density at radius 1 is 1.38 bits per heavy atom. The van der Waals surface area contributed by atoms with E-state index in [-0.39, 0.29) is 11.3 Å². The summed E-state index contributed by atoms with van der Waals surface area (Å²) >= 11 is 1.52. The topological polar surface area (TPSA) is 84.9 Å². The fraction of sp³-hybridized carbons (Fsp3) is 0.769. The molecule has 2 amide bonds. The molecule has 0 aromatic carbocycles. The van der Waals surface area contributed by atoms with Gasteiger partial charge in [0.25, 0.3) is 0 Å². The predicted octanol–water partition coefficient (Wildman–Crippen LogP) is 0.726. The van der Waals surface area contributed by atoms with Crippen molar-refractivity contribution in [3.05, 3.63) is 0 Å². The number of nitrogens with zero attached hydrogens (tertiary/aromatic N) is 1. The predicted molar refractivity (Wildman–Crippen MR) is 76.7 cm³/mol. The third-order valence-electron chi connectivity index (χ3n) is 3.25. The van der Waals surface area contributed by atoms with Gasteiger partial charge < -0.3 is 19.7 Å². The maximum absolute atomic E-state index is 12.4. The van der Waals surface area contributed by atoms with Gasteiger partial charge in [-0.25, -0.2) is 9.59 Å². The lowest BCUT2D eigenvalue weighted by molar-refractivity contribution is -0.150. The van der Waals surface area contributed by atoms with Crippen LogP contribution in [0.5, 0.6) is 0 Å². The Labute approximate surface area is 127 Å². The molecule has 118 valence electrons. The normalized spacial score (nSPS) is 28.3. The van der Waals surface area contributed by atoms with Gasteiger partial charge in [0.2, 0.25) is 5.91 Å². The van der Waals surface area contributed by atoms with Gasteiger partial charge in [-0.15, -0.1) is 11.8 Å². The van der Waals surface area contributed by atoms with Gasteiger partial charge in [0, 0.05) is 12.2 Å². The number of fused-ring (bicyclic) bond motifs is 1. The number of ether oxygens (including phenoxy) is 2. The van der Waals surface area contributed by atoms with E-state index in [2.05, 4.69) is 5.32 Å². The average molecular weight is 316 g/mol. The molecule has 0 aromatic heterocycles. The molecule has 8 heteroatoms. The molecule has 1 N–H and O–H groups in total. The molecule has 2 fully saturated rings. The van der Waals surface area contributed by atoms with Crippen molar-refractivity contribution in [3.63, 3.8) is 0 Å². The maximum Gasteiger partial charge on any atom is 0.408 e. The molecule has 0 bridgehead atoms. The molecule has 21 heavy (non-hydrogen) atoms. The fourth-order valence-electron chi connectivity index (χ4n) is 2.41. The first-order valence-corrected chi connectivity index (χ1v) is 7.79. The number of nitrogens with one attached hydrogen (secondary N) is 1. The Morgan fingerprint density at radius 2 is 2.05 bits per heavy atom. The molecule has 0 aromatic rings. The van der Waals surface area contributed by atoms with E-state index >= 15 is 0 Å². The van der Waals surface area contributed by atoms with Crippen molar-refractivity contribution in [2.24, 2.45) is 0 Å². The van der Waals surface area contributed by atoms with Gasteiger partial charge in [-0.2, -0.15) is 0 Å². The van der Waals surface area contributed by atoms with Gasteiger partial charge in [0.15, 0.2) is 0 Å². The molecule has 2 aliphatic rings. The minimum atomic E-state index is -0.648. The molecule has 7 nitrogen and oxygen atoms in total. The van der Waals surface area contributed by atoms with E-state index in [0.29, 0.717) is 12.2 Å². The Hall–Kier alpha value is -1.44. The van der Waals surface area contributed by atoms with Crippen LogP contribution < -0.4 is 5.32 Å². The third kappa shape index (κ3) is 3.42. The molecule has 3 atom stereocenters.